The summed E-state index contributed by atoms with van der Waals surface area (Å²) in [5.41, 5.74) is 10.4. The highest BCUT2D eigenvalue weighted by molar-refractivity contribution is 7.20. The molecule has 0 radical (unpaired) electrons. The first-order chi connectivity index (χ1) is 41.2. The molecule has 0 spiro atoms. The minimum absolute atomic E-state index is 1.11. The summed E-state index contributed by atoms with van der Waals surface area (Å²) in [6, 6.07) is 125. The molecule has 3 nitrogen and oxygen atoms in total. The van der Waals surface area contributed by atoms with Crippen molar-refractivity contribution in [2.45, 2.75) is 0 Å². The van der Waals surface area contributed by atoms with Crippen molar-refractivity contribution in [3.8, 4) is 17.1 Å². The van der Waals surface area contributed by atoms with Crippen LogP contribution in [0.25, 0.3) is 82.5 Å². The molecule has 0 aliphatic carbocycles. The van der Waals surface area contributed by atoms with E-state index in [0.29, 0.717) is 0 Å². The molecule has 16 rings (SSSR count). The molecule has 0 saturated carbocycles. The number of nitrogens with zero attached hydrogens (tertiary/aromatic N) is 3. The number of aromatic nitrogens is 3. The highest BCUT2D eigenvalue weighted by atomic mass is 28.3. The van der Waals surface area contributed by atoms with Crippen molar-refractivity contribution in [2.75, 3.05) is 0 Å². The summed E-state index contributed by atoms with van der Waals surface area (Å²) in [5.74, 6) is 0. The maximum absolute atomic E-state index is 2.83. The average Bonchev–Trinajstić information content (AvgIpc) is 4.43. The van der Waals surface area contributed by atoms with E-state index in [1.807, 2.05) is 0 Å². The maximum Gasteiger partial charge on any atom is 0.179 e. The molecule has 0 unspecified atom stereocenters. The Labute approximate surface area is 484 Å². The van der Waals surface area contributed by atoms with E-state index in [0.717, 1.165) is 28.1 Å². The second kappa shape index (κ2) is 19.7. The van der Waals surface area contributed by atoms with Crippen molar-refractivity contribution in [2.24, 2.45) is 0 Å². The van der Waals surface area contributed by atoms with Crippen LogP contribution >= 0.6 is 0 Å². The van der Waals surface area contributed by atoms with Crippen LogP contribution in [0.5, 0.6) is 0 Å². The first kappa shape index (κ1) is 48.6. The fourth-order valence-corrected chi connectivity index (χ4v) is 23.8. The van der Waals surface area contributed by atoms with Gasteiger partial charge in [0.15, 0.2) is 16.1 Å². The van der Waals surface area contributed by atoms with Gasteiger partial charge in [-0.15, -0.1) is 0 Å². The summed E-state index contributed by atoms with van der Waals surface area (Å²) >= 11 is 0. The summed E-state index contributed by atoms with van der Waals surface area (Å²) in [4.78, 5) is 0. The summed E-state index contributed by atoms with van der Waals surface area (Å²) in [7, 11) is -5.65. The molecule has 0 saturated heterocycles. The molecule has 0 fully saturated rings. The zero-order valence-corrected chi connectivity index (χ0v) is 47.6. The zero-order chi connectivity index (χ0) is 54.9. The first-order valence-corrected chi connectivity index (χ1v) is 32.7. The Morgan fingerprint density at radius 1 is 0.157 bits per heavy atom. The van der Waals surface area contributed by atoms with E-state index in [4.69, 9.17) is 0 Å². The standard InChI is InChI=1S/C78H55N3Si2/c1-7-27-59(28-8-1)82(60-29-9-2-10-30-60,61-31-11-3-12-32-61)65-39-25-26-56(52-65)80-73-43-22-19-40-67(73)70-49-46-58(54-77(70)80)79-75-45-24-21-42-69(75)72-53-57(47-51-76(72)79)81-74-44-23-20-41-68(74)71-50-48-66(55-78(71)81)83(62-33-13-4-14-34-62,63-35-15-5-16-36-63)64-37-17-6-18-38-64/h1-55H. The van der Waals surface area contributed by atoms with Crippen LogP contribution in [-0.2, 0) is 0 Å². The van der Waals surface area contributed by atoms with E-state index in [2.05, 4.69) is 347 Å². The largest absolute Gasteiger partial charge is 0.309 e. The van der Waals surface area contributed by atoms with Gasteiger partial charge in [-0.3, -0.25) is 0 Å². The molecule has 0 amide bonds. The fraction of sp³-hybridized carbons (Fsp3) is 0. The second-order valence-corrected chi connectivity index (χ2v) is 29.6. The van der Waals surface area contributed by atoms with Crippen LogP contribution in [0, 0.1) is 0 Å². The third kappa shape index (κ3) is 7.49. The van der Waals surface area contributed by atoms with Crippen molar-refractivity contribution in [1.82, 2.24) is 13.7 Å². The van der Waals surface area contributed by atoms with Crippen LogP contribution in [-0.4, -0.2) is 29.8 Å². The van der Waals surface area contributed by atoms with E-state index in [1.54, 1.807) is 0 Å². The molecule has 5 heteroatoms. The van der Waals surface area contributed by atoms with Crippen molar-refractivity contribution < 1.29 is 0 Å². The lowest BCUT2D eigenvalue weighted by Gasteiger charge is -2.34. The minimum atomic E-state index is -2.83. The summed E-state index contributed by atoms with van der Waals surface area (Å²) < 4.78 is 7.50. The molecule has 3 heterocycles. The number of benzene rings is 13. The normalized spacial score (nSPS) is 12.1. The molecule has 13 aromatic carbocycles. The molecular formula is C78H55N3Si2. The van der Waals surface area contributed by atoms with Gasteiger partial charge >= 0.3 is 0 Å². The summed E-state index contributed by atoms with van der Waals surface area (Å²) in [5, 5.41) is 18.2. The Hall–Kier alpha value is -10.3. The summed E-state index contributed by atoms with van der Waals surface area (Å²) in [6.45, 7) is 0. The van der Waals surface area contributed by atoms with Crippen molar-refractivity contribution in [1.29, 1.82) is 0 Å². The van der Waals surface area contributed by atoms with Gasteiger partial charge in [-0.2, -0.15) is 0 Å². The van der Waals surface area contributed by atoms with Gasteiger partial charge in [0.25, 0.3) is 0 Å². The Balaban J connectivity index is 0.895. The highest BCUT2D eigenvalue weighted by Gasteiger charge is 2.43. The van der Waals surface area contributed by atoms with Crippen LogP contribution in [0.2, 0.25) is 0 Å². The lowest BCUT2D eigenvalue weighted by Crippen LogP contribution is -2.74. The molecule has 0 N–H and O–H groups in total. The third-order valence-corrected chi connectivity index (χ3v) is 27.3. The third-order valence-electron chi connectivity index (χ3n) is 17.7. The number of fused-ring (bicyclic) bond motifs is 9. The van der Waals surface area contributed by atoms with Gasteiger partial charge in [-0.25, -0.2) is 0 Å². The van der Waals surface area contributed by atoms with Crippen LogP contribution in [0.1, 0.15) is 0 Å². The Morgan fingerprint density at radius 2 is 0.446 bits per heavy atom. The topological polar surface area (TPSA) is 14.8 Å². The highest BCUT2D eigenvalue weighted by Crippen LogP contribution is 2.39. The number of rotatable bonds is 11. The molecule has 390 valence electrons. The Bertz CT molecular complexity index is 4880. The second-order valence-electron chi connectivity index (χ2n) is 21.9. The fourth-order valence-electron chi connectivity index (χ4n) is 14.2. The van der Waals surface area contributed by atoms with E-state index in [1.165, 1.54) is 95.9 Å². The van der Waals surface area contributed by atoms with Crippen molar-refractivity contribution >= 4 is 123 Å². The Morgan fingerprint density at radius 3 is 0.892 bits per heavy atom. The number of para-hydroxylation sites is 3. The van der Waals surface area contributed by atoms with Crippen molar-refractivity contribution in [3.05, 3.63) is 334 Å². The van der Waals surface area contributed by atoms with E-state index in [9.17, 15) is 0 Å². The smallest absolute Gasteiger partial charge is 0.179 e. The molecular weight excluding hydrogens is 1040 g/mol. The van der Waals surface area contributed by atoms with Crippen LogP contribution in [0.4, 0.5) is 0 Å². The average molecular weight is 1090 g/mol. The van der Waals surface area contributed by atoms with Gasteiger partial charge in [0.1, 0.15) is 0 Å². The van der Waals surface area contributed by atoms with Gasteiger partial charge < -0.3 is 13.7 Å². The number of hydrogen-bond donors (Lipinski definition) is 0. The lowest BCUT2D eigenvalue weighted by molar-refractivity contribution is 1.15. The minimum Gasteiger partial charge on any atom is -0.309 e. The molecule has 0 aliphatic heterocycles. The number of hydrogen-bond acceptors (Lipinski definition) is 0. The van der Waals surface area contributed by atoms with E-state index in [-0.39, 0.29) is 0 Å². The van der Waals surface area contributed by atoms with E-state index < -0.39 is 16.1 Å². The van der Waals surface area contributed by atoms with Gasteiger partial charge in [0, 0.05) is 49.4 Å². The monoisotopic (exact) mass is 1090 g/mol. The predicted molar refractivity (Wildman–Crippen MR) is 357 cm³/mol. The van der Waals surface area contributed by atoms with Crippen LogP contribution in [0.15, 0.2) is 334 Å². The van der Waals surface area contributed by atoms with Gasteiger partial charge in [-0.05, 0) is 108 Å². The SMILES string of the molecule is c1ccc([Si](c2ccccc2)(c2ccccc2)c2cccc(-n3c4ccccc4c4ccc(-n5c6ccccc6c6cc(-n7c8ccccc8c8ccc([Si](c9ccccc9)(c9ccccc9)c9ccccc9)cc87)ccc65)cc43)c2)cc1. The first-order valence-electron chi connectivity index (χ1n) is 28.7. The zero-order valence-electron chi connectivity index (χ0n) is 45.6. The Kier molecular flexibility index (Phi) is 11.6. The van der Waals surface area contributed by atoms with Crippen LogP contribution < -0.4 is 41.5 Å². The van der Waals surface area contributed by atoms with Crippen molar-refractivity contribution in [3.63, 3.8) is 0 Å². The van der Waals surface area contributed by atoms with E-state index >= 15 is 0 Å². The molecule has 3 aromatic heterocycles. The maximum atomic E-state index is 2.53. The molecule has 0 atom stereocenters. The molecule has 0 bridgehead atoms. The predicted octanol–water partition coefficient (Wildman–Crippen LogP) is 13.7. The van der Waals surface area contributed by atoms with Gasteiger partial charge in [0.05, 0.1) is 33.1 Å². The van der Waals surface area contributed by atoms with Crippen LogP contribution in [0.3, 0.4) is 0 Å². The summed E-state index contributed by atoms with van der Waals surface area (Å²) in [6.07, 6.45) is 0. The van der Waals surface area contributed by atoms with Gasteiger partial charge in [0.2, 0.25) is 0 Å². The molecule has 16 aromatic rings. The molecule has 83 heavy (non-hydrogen) atoms. The lowest BCUT2D eigenvalue weighted by atomic mass is 10.1. The van der Waals surface area contributed by atoms with Gasteiger partial charge in [-0.1, -0.05) is 267 Å². The quantitative estimate of drug-likeness (QED) is 0.0906. The molecule has 0 aliphatic rings.